The van der Waals surface area contributed by atoms with Crippen molar-refractivity contribution in [2.24, 2.45) is 0 Å². The van der Waals surface area contributed by atoms with Gasteiger partial charge in [0, 0.05) is 22.3 Å². The van der Waals surface area contributed by atoms with E-state index in [-0.39, 0.29) is 38.9 Å². The van der Waals surface area contributed by atoms with Crippen molar-refractivity contribution >= 4 is 17.3 Å². The van der Waals surface area contributed by atoms with E-state index in [0.29, 0.717) is 5.56 Å². The highest BCUT2D eigenvalue weighted by Gasteiger charge is 2.49. The van der Waals surface area contributed by atoms with Crippen LogP contribution in [-0.2, 0) is 5.60 Å². The summed E-state index contributed by atoms with van der Waals surface area (Å²) in [6.45, 7) is 3.07. The molecule has 2 aliphatic rings. The molecule has 0 heterocycles. The number of fused-ring (bicyclic) bond motifs is 4. The van der Waals surface area contributed by atoms with Gasteiger partial charge >= 0.3 is 0 Å². The Kier molecular flexibility index (Phi) is 4.77. The van der Waals surface area contributed by atoms with Gasteiger partial charge in [-0.15, -0.1) is 0 Å². The zero-order chi connectivity index (χ0) is 28.1. The molecule has 0 fully saturated rings. The van der Waals surface area contributed by atoms with Gasteiger partial charge in [-0.05, 0) is 49.2 Å². The summed E-state index contributed by atoms with van der Waals surface area (Å²) in [5.74, 6) is -5.35. The first-order valence-electron chi connectivity index (χ1n) is 11.8. The summed E-state index contributed by atoms with van der Waals surface area (Å²) in [5, 5.41) is 66.2. The van der Waals surface area contributed by atoms with Crippen LogP contribution >= 0.6 is 0 Å². The molecule has 0 bridgehead atoms. The predicted molar refractivity (Wildman–Crippen MR) is 136 cm³/mol. The molecule has 1 atom stereocenters. The van der Waals surface area contributed by atoms with Crippen molar-refractivity contribution in [3.05, 3.63) is 110 Å². The highest BCUT2D eigenvalue weighted by atomic mass is 16.3. The maximum absolute atomic E-state index is 13.6. The first-order valence-corrected chi connectivity index (χ1v) is 11.8. The van der Waals surface area contributed by atoms with Crippen LogP contribution in [0, 0.1) is 13.8 Å². The number of hydrogen-bond acceptors (Lipinski definition) is 9. The third-order valence-electron chi connectivity index (χ3n) is 7.50. The van der Waals surface area contributed by atoms with Crippen molar-refractivity contribution in [3.63, 3.8) is 0 Å². The normalized spacial score (nSPS) is 17.4. The Balaban J connectivity index is 1.70. The SMILES string of the molecule is Cc1cc(O)c2c(c1)[C@@](O)(c1ccc3c(c1O)C(=O)c1c(O)cc(C)c(O)c1C3=O)c1cccc(O)c1C2=O. The molecular weight excluding hydrogens is 504 g/mol. The molecule has 0 unspecified atom stereocenters. The topological polar surface area (TPSA) is 173 Å². The summed E-state index contributed by atoms with van der Waals surface area (Å²) in [4.78, 5) is 40.4. The van der Waals surface area contributed by atoms with E-state index in [9.17, 15) is 45.0 Å². The summed E-state index contributed by atoms with van der Waals surface area (Å²) in [5.41, 5.74) is -4.59. The molecule has 9 nitrogen and oxygen atoms in total. The zero-order valence-electron chi connectivity index (χ0n) is 20.5. The monoisotopic (exact) mass is 524 g/mol. The number of benzene rings is 4. The average Bonchev–Trinajstić information content (AvgIpc) is 2.87. The lowest BCUT2D eigenvalue weighted by atomic mass is 9.68. The number of rotatable bonds is 1. The highest BCUT2D eigenvalue weighted by Crippen LogP contribution is 2.53. The largest absolute Gasteiger partial charge is 0.507 e. The van der Waals surface area contributed by atoms with Crippen molar-refractivity contribution < 1.29 is 45.0 Å². The van der Waals surface area contributed by atoms with Gasteiger partial charge in [-0.1, -0.05) is 24.3 Å². The third kappa shape index (κ3) is 2.90. The molecule has 9 heteroatoms. The molecule has 2 aliphatic carbocycles. The van der Waals surface area contributed by atoms with Crippen LogP contribution in [0.25, 0.3) is 0 Å². The smallest absolute Gasteiger partial charge is 0.202 e. The number of carbonyl (C=O) groups is 3. The second-order valence-electron chi connectivity index (χ2n) is 9.80. The fraction of sp³-hybridized carbons (Fsp3) is 0.100. The summed E-state index contributed by atoms with van der Waals surface area (Å²) in [7, 11) is 0. The fourth-order valence-electron chi connectivity index (χ4n) is 5.73. The molecule has 0 spiro atoms. The highest BCUT2D eigenvalue weighted by molar-refractivity contribution is 6.31. The zero-order valence-corrected chi connectivity index (χ0v) is 20.5. The number of carbonyl (C=O) groups excluding carboxylic acids is 3. The van der Waals surface area contributed by atoms with Gasteiger partial charge in [0.2, 0.25) is 11.6 Å². The van der Waals surface area contributed by atoms with E-state index >= 15 is 0 Å². The second kappa shape index (κ2) is 7.68. The van der Waals surface area contributed by atoms with E-state index in [4.69, 9.17) is 0 Å². The molecule has 0 aliphatic heterocycles. The Morgan fingerprint density at radius 2 is 1.21 bits per heavy atom. The van der Waals surface area contributed by atoms with Crippen molar-refractivity contribution in [2.75, 3.05) is 0 Å². The molecule has 194 valence electrons. The van der Waals surface area contributed by atoms with E-state index in [1.54, 1.807) is 6.92 Å². The second-order valence-corrected chi connectivity index (χ2v) is 9.80. The summed E-state index contributed by atoms with van der Waals surface area (Å²) >= 11 is 0. The minimum absolute atomic E-state index is 0.107. The number of ketones is 3. The molecule has 0 amide bonds. The molecule has 6 N–H and O–H groups in total. The first kappa shape index (κ1) is 24.2. The lowest BCUT2D eigenvalue weighted by molar-refractivity contribution is 0.0924. The van der Waals surface area contributed by atoms with E-state index in [1.165, 1.54) is 49.4 Å². The van der Waals surface area contributed by atoms with Crippen LogP contribution in [0.5, 0.6) is 28.7 Å². The van der Waals surface area contributed by atoms with Gasteiger partial charge in [-0.3, -0.25) is 14.4 Å². The average molecular weight is 524 g/mol. The number of phenols is 5. The molecule has 0 aromatic heterocycles. The number of phenolic OH excluding ortho intramolecular Hbond substituents is 5. The molecular formula is C30H20O9. The van der Waals surface area contributed by atoms with Crippen molar-refractivity contribution in [2.45, 2.75) is 19.4 Å². The van der Waals surface area contributed by atoms with E-state index in [1.807, 2.05) is 0 Å². The summed E-state index contributed by atoms with van der Waals surface area (Å²) in [6.07, 6.45) is 0. The molecule has 39 heavy (non-hydrogen) atoms. The third-order valence-corrected chi connectivity index (χ3v) is 7.50. The van der Waals surface area contributed by atoms with Crippen molar-refractivity contribution in [1.82, 2.24) is 0 Å². The van der Waals surface area contributed by atoms with Crippen molar-refractivity contribution in [3.8, 4) is 28.7 Å². The molecule has 0 saturated carbocycles. The van der Waals surface area contributed by atoms with Gasteiger partial charge in [0.25, 0.3) is 0 Å². The van der Waals surface area contributed by atoms with Crippen LogP contribution < -0.4 is 0 Å². The van der Waals surface area contributed by atoms with Crippen LogP contribution in [0.1, 0.15) is 75.6 Å². The number of aromatic hydroxyl groups is 5. The Morgan fingerprint density at radius 1 is 0.564 bits per heavy atom. The Morgan fingerprint density at radius 3 is 1.92 bits per heavy atom. The summed E-state index contributed by atoms with van der Waals surface area (Å²) in [6, 6.07) is 10.2. The Hall–Kier alpha value is -5.15. The molecule has 0 radical (unpaired) electrons. The van der Waals surface area contributed by atoms with Gasteiger partial charge in [0.15, 0.2) is 5.78 Å². The molecule has 4 aromatic rings. The molecule has 0 saturated heterocycles. The van der Waals surface area contributed by atoms with Gasteiger partial charge in [-0.2, -0.15) is 0 Å². The predicted octanol–water partition coefficient (Wildman–Crippen LogP) is 3.44. The van der Waals surface area contributed by atoms with Gasteiger partial charge in [0.1, 0.15) is 34.3 Å². The maximum Gasteiger partial charge on any atom is 0.202 e. The van der Waals surface area contributed by atoms with Crippen molar-refractivity contribution in [1.29, 1.82) is 0 Å². The number of aryl methyl sites for hydroxylation is 2. The van der Waals surface area contributed by atoms with E-state index in [0.717, 1.165) is 6.07 Å². The lowest BCUT2D eigenvalue weighted by Gasteiger charge is -2.38. The maximum atomic E-state index is 13.6. The fourth-order valence-corrected chi connectivity index (χ4v) is 5.73. The minimum atomic E-state index is -2.37. The lowest BCUT2D eigenvalue weighted by Crippen LogP contribution is -2.37. The Bertz CT molecular complexity index is 1850. The standard InChI is InChI=1S/C30H20O9/c1-11-8-16-22(18(32)9-11)29(38)21-14(4-3-5-17(21)31)30(16,39)15-7-6-13-20(27(15)36)28(37)23-19(33)10-12(2)25(34)24(23)26(13)35/h3-10,31-34,36,39H,1-2H3/t30-/m0/s1. The van der Waals surface area contributed by atoms with Crippen LogP contribution in [0.15, 0.2) is 48.5 Å². The quantitative estimate of drug-likeness (QED) is 0.180. The van der Waals surface area contributed by atoms with Crippen LogP contribution in [0.2, 0.25) is 0 Å². The van der Waals surface area contributed by atoms with Gasteiger partial charge in [-0.25, -0.2) is 0 Å². The van der Waals surface area contributed by atoms with E-state index in [2.05, 4.69) is 0 Å². The van der Waals surface area contributed by atoms with Crippen LogP contribution in [0.4, 0.5) is 0 Å². The van der Waals surface area contributed by atoms with Crippen LogP contribution in [-0.4, -0.2) is 48.0 Å². The van der Waals surface area contributed by atoms with Crippen LogP contribution in [0.3, 0.4) is 0 Å². The summed E-state index contributed by atoms with van der Waals surface area (Å²) < 4.78 is 0. The van der Waals surface area contributed by atoms with Gasteiger partial charge < -0.3 is 30.6 Å². The van der Waals surface area contributed by atoms with Gasteiger partial charge in [0.05, 0.1) is 27.8 Å². The number of hydrogen-bond donors (Lipinski definition) is 6. The minimum Gasteiger partial charge on any atom is -0.507 e. The first-order chi connectivity index (χ1) is 18.4. The Labute approximate surface area is 220 Å². The number of aliphatic hydroxyl groups is 1. The molecule has 4 aromatic carbocycles. The van der Waals surface area contributed by atoms with E-state index < -0.39 is 68.4 Å². The molecule has 6 rings (SSSR count).